The van der Waals surface area contributed by atoms with Crippen molar-refractivity contribution < 1.29 is 56.6 Å². The molecule has 1 atom stereocenters. The van der Waals surface area contributed by atoms with Crippen LogP contribution in [0.25, 0.3) is 0 Å². The summed E-state index contributed by atoms with van der Waals surface area (Å²) in [5.74, 6) is 0.224. The van der Waals surface area contributed by atoms with Crippen molar-refractivity contribution in [3.8, 4) is 0 Å². The summed E-state index contributed by atoms with van der Waals surface area (Å²) in [6.07, 6.45) is 7.25. The molecule has 0 saturated carbocycles. The zero-order valence-corrected chi connectivity index (χ0v) is 22.0. The number of carbonyl (C=O) groups is 2. The van der Waals surface area contributed by atoms with E-state index < -0.39 is 15.4 Å². The average molecular weight is 444 g/mol. The Morgan fingerprint density at radius 2 is 1.59 bits per heavy atom. The van der Waals surface area contributed by atoms with Gasteiger partial charge < -0.3 is 14.4 Å². The third-order valence-corrected chi connectivity index (χ3v) is 6.15. The summed E-state index contributed by atoms with van der Waals surface area (Å²) >= 11 is 0. The van der Waals surface area contributed by atoms with Gasteiger partial charge in [-0.3, -0.25) is 9.59 Å². The number of nitrogens with one attached hydrogen (secondary N) is 1. The van der Waals surface area contributed by atoms with E-state index in [0.29, 0.717) is 43.3 Å². The van der Waals surface area contributed by atoms with Gasteiger partial charge in [0.2, 0.25) is 5.91 Å². The van der Waals surface area contributed by atoms with Crippen molar-refractivity contribution in [2.45, 2.75) is 83.3 Å². The Kier molecular flexibility index (Phi) is 17.9. The fourth-order valence-electron chi connectivity index (χ4n) is 3.45. The molecule has 0 fully saturated rings. The van der Waals surface area contributed by atoms with Crippen molar-refractivity contribution in [1.29, 1.82) is 0 Å². The van der Waals surface area contributed by atoms with Gasteiger partial charge in [0, 0.05) is 31.6 Å². The number of ketones is 1. The van der Waals surface area contributed by atoms with Crippen molar-refractivity contribution >= 4 is 21.8 Å². The van der Waals surface area contributed by atoms with Crippen LogP contribution in [-0.4, -0.2) is 68.1 Å². The number of hydrogen-bond acceptors (Lipinski definition) is 5. The SMILES string of the molecule is CCCC(CCCCCCCC(=O)NCCC[N+](C)(C)CC(C)=O)S(=O)(=O)[O-].[Na+]. The topological polar surface area (TPSA) is 103 Å². The second kappa shape index (κ2) is 16.7. The van der Waals surface area contributed by atoms with Crippen LogP contribution in [0.4, 0.5) is 0 Å². The van der Waals surface area contributed by atoms with E-state index in [1.807, 2.05) is 21.0 Å². The van der Waals surface area contributed by atoms with Crippen molar-refractivity contribution in [2.24, 2.45) is 0 Å². The molecule has 0 aliphatic heterocycles. The first kappa shape index (κ1) is 31.2. The Bertz CT molecular complexity index is 567. The predicted octanol–water partition coefficient (Wildman–Crippen LogP) is -0.393. The molecule has 0 bridgehead atoms. The Hall–Kier alpha value is 0.01000. The fourth-order valence-corrected chi connectivity index (χ4v) is 4.43. The molecule has 0 aromatic carbocycles. The number of nitrogens with zero attached hydrogens (tertiary/aromatic N) is 1. The molecular formula is C20H40N2NaO5S+. The van der Waals surface area contributed by atoms with E-state index in [-0.39, 0.29) is 41.2 Å². The van der Waals surface area contributed by atoms with Gasteiger partial charge in [-0.15, -0.1) is 0 Å². The molecule has 0 aliphatic carbocycles. The van der Waals surface area contributed by atoms with E-state index in [2.05, 4.69) is 5.32 Å². The Balaban J connectivity index is 0. The second-order valence-electron chi connectivity index (χ2n) is 8.43. The quantitative estimate of drug-likeness (QED) is 0.143. The zero-order chi connectivity index (χ0) is 21.6. The third-order valence-electron chi connectivity index (χ3n) is 4.86. The van der Waals surface area contributed by atoms with Crippen molar-refractivity contribution in [1.82, 2.24) is 5.32 Å². The van der Waals surface area contributed by atoms with E-state index in [1.54, 1.807) is 6.92 Å². The van der Waals surface area contributed by atoms with Crippen LogP contribution in [-0.2, 0) is 19.7 Å². The molecule has 1 unspecified atom stereocenters. The molecule has 0 heterocycles. The molecule has 1 amide bonds. The van der Waals surface area contributed by atoms with Gasteiger partial charge in [0.15, 0.2) is 5.78 Å². The minimum Gasteiger partial charge on any atom is -0.748 e. The first-order chi connectivity index (χ1) is 13.0. The van der Waals surface area contributed by atoms with Crippen molar-refractivity contribution in [3.05, 3.63) is 0 Å². The number of carbonyl (C=O) groups excluding carboxylic acids is 2. The summed E-state index contributed by atoms with van der Waals surface area (Å²) in [5.41, 5.74) is 0. The van der Waals surface area contributed by atoms with E-state index >= 15 is 0 Å². The largest absolute Gasteiger partial charge is 1.00 e. The molecule has 0 aliphatic rings. The summed E-state index contributed by atoms with van der Waals surface area (Å²) in [7, 11) is -0.155. The van der Waals surface area contributed by atoms with Crippen LogP contribution < -0.4 is 34.9 Å². The summed E-state index contributed by atoms with van der Waals surface area (Å²) < 4.78 is 34.1. The van der Waals surface area contributed by atoms with Gasteiger partial charge in [-0.25, -0.2) is 8.42 Å². The number of likely N-dealkylation sites (N-methyl/N-ethyl adjacent to an activating group) is 1. The average Bonchev–Trinajstić information content (AvgIpc) is 2.54. The number of quaternary nitrogens is 1. The molecular weight excluding hydrogens is 403 g/mol. The van der Waals surface area contributed by atoms with Gasteiger partial charge in [0.05, 0.1) is 30.8 Å². The van der Waals surface area contributed by atoms with Gasteiger partial charge in [-0.2, -0.15) is 0 Å². The Morgan fingerprint density at radius 1 is 1.00 bits per heavy atom. The molecule has 0 saturated heterocycles. The van der Waals surface area contributed by atoms with Crippen LogP contribution in [0.1, 0.15) is 78.1 Å². The molecule has 0 rings (SSSR count). The van der Waals surface area contributed by atoms with Gasteiger partial charge >= 0.3 is 29.6 Å². The third kappa shape index (κ3) is 18.5. The van der Waals surface area contributed by atoms with Gasteiger partial charge in [0.25, 0.3) is 0 Å². The van der Waals surface area contributed by atoms with Crippen LogP contribution in [0.2, 0.25) is 0 Å². The predicted molar refractivity (Wildman–Crippen MR) is 111 cm³/mol. The second-order valence-corrected chi connectivity index (χ2v) is 10.1. The summed E-state index contributed by atoms with van der Waals surface area (Å²) in [6.45, 7) is 5.46. The molecule has 0 radical (unpaired) electrons. The van der Waals surface area contributed by atoms with E-state index in [0.717, 1.165) is 45.1 Å². The minimum atomic E-state index is -4.18. The van der Waals surface area contributed by atoms with E-state index in [1.165, 1.54) is 0 Å². The summed E-state index contributed by atoms with van der Waals surface area (Å²) in [5, 5.41) is 2.17. The molecule has 1 N–H and O–H groups in total. The number of unbranched alkanes of at least 4 members (excludes halogenated alkanes) is 4. The maximum absolute atomic E-state index is 11.8. The number of rotatable bonds is 17. The normalized spacial score (nSPS) is 12.9. The van der Waals surface area contributed by atoms with E-state index in [9.17, 15) is 22.6 Å². The van der Waals surface area contributed by atoms with Crippen LogP contribution in [0, 0.1) is 0 Å². The van der Waals surface area contributed by atoms with Crippen LogP contribution in [0.5, 0.6) is 0 Å². The summed E-state index contributed by atoms with van der Waals surface area (Å²) in [4.78, 5) is 23.0. The van der Waals surface area contributed by atoms with Gasteiger partial charge in [0.1, 0.15) is 6.54 Å². The molecule has 0 spiro atoms. The number of amides is 1. The standard InChI is InChI=1S/C20H40N2O5S.Na/c1-5-12-19(28(25,26)27)13-9-7-6-8-10-14-20(24)21-15-11-16-22(3,4)17-18(2)23;/h19H,5-17H2,1-4H3,(H-,21,24,25,26,27);/q;+1. The number of hydrogen-bond donors (Lipinski definition) is 1. The first-order valence-corrected chi connectivity index (χ1v) is 12.0. The molecule has 7 nitrogen and oxygen atoms in total. The Morgan fingerprint density at radius 3 is 2.14 bits per heavy atom. The van der Waals surface area contributed by atoms with Gasteiger partial charge in [-0.1, -0.05) is 39.0 Å². The van der Waals surface area contributed by atoms with Gasteiger partial charge in [-0.05, 0) is 19.3 Å². The summed E-state index contributed by atoms with van der Waals surface area (Å²) in [6, 6.07) is 0. The molecule has 0 aromatic rings. The monoisotopic (exact) mass is 443 g/mol. The smallest absolute Gasteiger partial charge is 0.748 e. The molecule has 0 aromatic heterocycles. The van der Waals surface area contributed by atoms with Crippen LogP contribution in [0.15, 0.2) is 0 Å². The maximum Gasteiger partial charge on any atom is 1.00 e. The minimum absolute atomic E-state index is 0. The van der Waals surface area contributed by atoms with E-state index in [4.69, 9.17) is 0 Å². The fraction of sp³-hybridized carbons (Fsp3) is 0.900. The first-order valence-electron chi connectivity index (χ1n) is 10.5. The van der Waals surface area contributed by atoms with Crippen LogP contribution >= 0.6 is 0 Å². The molecule has 29 heavy (non-hydrogen) atoms. The van der Waals surface area contributed by atoms with Crippen molar-refractivity contribution in [3.63, 3.8) is 0 Å². The van der Waals surface area contributed by atoms with Crippen LogP contribution in [0.3, 0.4) is 0 Å². The van der Waals surface area contributed by atoms with Crippen molar-refractivity contribution in [2.75, 3.05) is 33.7 Å². The Labute approximate surface area is 200 Å². The molecule has 9 heteroatoms. The number of Topliss-reactive ketones (excluding diaryl/α,β-unsaturated/α-hetero) is 1. The maximum atomic E-state index is 11.8. The molecule has 166 valence electrons. The zero-order valence-electron chi connectivity index (χ0n) is 19.2.